The van der Waals surface area contributed by atoms with Gasteiger partial charge in [-0.15, -0.1) is 0 Å². The molecule has 0 aliphatic carbocycles. The summed E-state index contributed by atoms with van der Waals surface area (Å²) < 4.78 is 23.9. The van der Waals surface area contributed by atoms with Gasteiger partial charge < -0.3 is 10.1 Å². The predicted octanol–water partition coefficient (Wildman–Crippen LogP) is 4.03. The van der Waals surface area contributed by atoms with Gasteiger partial charge in [-0.2, -0.15) is 5.10 Å². The lowest BCUT2D eigenvalue weighted by molar-refractivity contribution is 0.102. The number of aromatic amines is 1. The first kappa shape index (κ1) is 23.9. The maximum atomic E-state index is 15.0. The van der Waals surface area contributed by atoms with Crippen molar-refractivity contribution in [1.29, 1.82) is 0 Å². The first-order chi connectivity index (χ1) is 17.9. The largest absolute Gasteiger partial charge is 0.452 e. The summed E-state index contributed by atoms with van der Waals surface area (Å²) in [4.78, 5) is 40.1. The molecule has 11 nitrogen and oxygen atoms in total. The van der Waals surface area contributed by atoms with Crippen LogP contribution in [-0.4, -0.2) is 40.2 Å². The van der Waals surface area contributed by atoms with Crippen molar-refractivity contribution in [2.24, 2.45) is 0 Å². The zero-order valence-electron chi connectivity index (χ0n) is 20.3. The fourth-order valence-electron chi connectivity index (χ4n) is 4.10. The van der Waals surface area contributed by atoms with Crippen LogP contribution in [0.4, 0.5) is 10.1 Å². The highest BCUT2D eigenvalue weighted by molar-refractivity contribution is 6.05. The highest BCUT2D eigenvalue weighted by atomic mass is 19.1. The maximum absolute atomic E-state index is 15.0. The Morgan fingerprint density at radius 1 is 1.16 bits per heavy atom. The quantitative estimate of drug-likeness (QED) is 0.343. The van der Waals surface area contributed by atoms with Gasteiger partial charge in [-0.05, 0) is 32.4 Å². The standard InChI is InChI=1S/C25H23FN8O3/c1-4-19-17(12-30-34(19)16-10-27-13-28-11-16)24(35)31-15-5-6-20(18(26)9-15)37-21-7-8-29-23-22(21)33(14(2)3)25(36)32-23/h5-14H,4H2,1-3H3,(H,31,35)(H,29,32,36). The molecule has 37 heavy (non-hydrogen) atoms. The second-order valence-electron chi connectivity index (χ2n) is 8.47. The fourth-order valence-corrected chi connectivity index (χ4v) is 4.10. The van der Waals surface area contributed by atoms with E-state index in [-0.39, 0.29) is 28.9 Å². The number of imidazole rings is 1. The molecule has 5 aromatic rings. The smallest absolute Gasteiger partial charge is 0.328 e. The minimum Gasteiger partial charge on any atom is -0.452 e. The van der Waals surface area contributed by atoms with Gasteiger partial charge in [-0.25, -0.2) is 28.8 Å². The first-order valence-electron chi connectivity index (χ1n) is 11.6. The summed E-state index contributed by atoms with van der Waals surface area (Å²) in [6.45, 7) is 5.61. The van der Waals surface area contributed by atoms with Crippen LogP contribution in [-0.2, 0) is 6.42 Å². The summed E-state index contributed by atoms with van der Waals surface area (Å²) in [7, 11) is 0. The molecule has 0 aliphatic rings. The summed E-state index contributed by atoms with van der Waals surface area (Å²) >= 11 is 0. The highest BCUT2D eigenvalue weighted by Crippen LogP contribution is 2.31. The molecule has 12 heteroatoms. The van der Waals surface area contributed by atoms with Crippen molar-refractivity contribution in [3.8, 4) is 17.2 Å². The van der Waals surface area contributed by atoms with E-state index in [1.807, 2.05) is 20.8 Å². The lowest BCUT2D eigenvalue weighted by Crippen LogP contribution is -2.18. The Balaban J connectivity index is 1.39. The average molecular weight is 503 g/mol. The maximum Gasteiger partial charge on any atom is 0.328 e. The predicted molar refractivity (Wildman–Crippen MR) is 134 cm³/mol. The number of fused-ring (bicyclic) bond motifs is 1. The summed E-state index contributed by atoms with van der Waals surface area (Å²) in [6.07, 6.45) is 8.05. The molecule has 0 fully saturated rings. The van der Waals surface area contributed by atoms with Gasteiger partial charge in [-0.3, -0.25) is 14.3 Å². The molecular formula is C25H23FN8O3. The number of nitrogens with one attached hydrogen (secondary N) is 2. The third-order valence-corrected chi connectivity index (χ3v) is 5.74. The molecule has 0 unspecified atom stereocenters. The van der Waals surface area contributed by atoms with Crippen molar-refractivity contribution < 1.29 is 13.9 Å². The molecule has 0 bridgehead atoms. The number of H-pyrrole nitrogens is 1. The minimum atomic E-state index is -0.690. The van der Waals surface area contributed by atoms with E-state index in [0.29, 0.717) is 34.5 Å². The molecule has 1 aromatic carbocycles. The Morgan fingerprint density at radius 3 is 2.65 bits per heavy atom. The summed E-state index contributed by atoms with van der Waals surface area (Å²) in [5.74, 6) is -0.917. The molecular weight excluding hydrogens is 479 g/mol. The third kappa shape index (κ3) is 4.44. The van der Waals surface area contributed by atoms with E-state index in [2.05, 4.69) is 30.4 Å². The molecule has 0 aliphatic heterocycles. The number of nitrogens with zero attached hydrogens (tertiary/aromatic N) is 6. The number of aromatic nitrogens is 7. The highest BCUT2D eigenvalue weighted by Gasteiger charge is 2.20. The first-order valence-corrected chi connectivity index (χ1v) is 11.6. The summed E-state index contributed by atoms with van der Waals surface area (Å²) in [5.41, 5.74) is 2.33. The Labute approximate surface area is 210 Å². The van der Waals surface area contributed by atoms with Gasteiger partial charge in [0.1, 0.15) is 17.5 Å². The number of hydrogen-bond donors (Lipinski definition) is 2. The van der Waals surface area contributed by atoms with Crippen LogP contribution in [0.3, 0.4) is 0 Å². The number of rotatable bonds is 7. The van der Waals surface area contributed by atoms with E-state index >= 15 is 4.39 Å². The van der Waals surface area contributed by atoms with Crippen molar-refractivity contribution in [3.63, 3.8) is 0 Å². The Hall–Kier alpha value is -4.87. The van der Waals surface area contributed by atoms with Gasteiger partial charge in [0.25, 0.3) is 5.91 Å². The monoisotopic (exact) mass is 502 g/mol. The molecule has 0 spiro atoms. The van der Waals surface area contributed by atoms with Crippen LogP contribution < -0.4 is 15.7 Å². The zero-order valence-corrected chi connectivity index (χ0v) is 20.3. The van der Waals surface area contributed by atoms with Gasteiger partial charge in [0.05, 0.1) is 29.8 Å². The normalized spacial score (nSPS) is 11.3. The molecule has 0 radical (unpaired) electrons. The van der Waals surface area contributed by atoms with Gasteiger partial charge in [0.15, 0.2) is 23.0 Å². The topological polar surface area (TPSA) is 133 Å². The van der Waals surface area contributed by atoms with E-state index in [1.54, 1.807) is 23.1 Å². The molecule has 2 N–H and O–H groups in total. The lowest BCUT2D eigenvalue weighted by Gasteiger charge is -2.13. The van der Waals surface area contributed by atoms with Crippen LogP contribution in [0.5, 0.6) is 11.5 Å². The summed E-state index contributed by atoms with van der Waals surface area (Å²) in [5, 5.41) is 7.00. The molecule has 188 valence electrons. The van der Waals surface area contributed by atoms with Crippen molar-refractivity contribution in [3.05, 3.63) is 82.9 Å². The molecule has 0 saturated carbocycles. The van der Waals surface area contributed by atoms with E-state index in [9.17, 15) is 9.59 Å². The van der Waals surface area contributed by atoms with Gasteiger partial charge >= 0.3 is 5.69 Å². The van der Waals surface area contributed by atoms with Crippen LogP contribution in [0.25, 0.3) is 16.9 Å². The zero-order chi connectivity index (χ0) is 26.1. The van der Waals surface area contributed by atoms with Crippen molar-refractivity contribution in [1.82, 2.24) is 34.3 Å². The molecule has 4 heterocycles. The van der Waals surface area contributed by atoms with Crippen LogP contribution in [0.2, 0.25) is 0 Å². The van der Waals surface area contributed by atoms with Gasteiger partial charge in [-0.1, -0.05) is 6.92 Å². The molecule has 1 amide bonds. The average Bonchev–Trinajstić information content (AvgIpc) is 3.47. The number of halogens is 1. The number of amides is 1. The summed E-state index contributed by atoms with van der Waals surface area (Å²) in [6, 6.07) is 5.50. The number of ether oxygens (including phenoxy) is 1. The van der Waals surface area contributed by atoms with Crippen molar-refractivity contribution in [2.75, 3.05) is 5.32 Å². The lowest BCUT2D eigenvalue weighted by atomic mass is 10.2. The Morgan fingerprint density at radius 2 is 1.95 bits per heavy atom. The number of benzene rings is 1. The number of pyridine rings is 1. The SMILES string of the molecule is CCc1c(C(=O)Nc2ccc(Oc3ccnc4[nH]c(=O)n(C(C)C)c34)c(F)c2)cnn1-c1cncnc1. The van der Waals surface area contributed by atoms with Crippen LogP contribution >= 0.6 is 0 Å². The molecule has 5 rings (SSSR count). The van der Waals surface area contributed by atoms with Gasteiger partial charge in [0.2, 0.25) is 0 Å². The van der Waals surface area contributed by atoms with Crippen molar-refractivity contribution >= 4 is 22.8 Å². The Kier molecular flexibility index (Phi) is 6.22. The van der Waals surface area contributed by atoms with Crippen LogP contribution in [0.15, 0.2) is 60.2 Å². The minimum absolute atomic E-state index is 0.0689. The number of carbonyl (C=O) groups excluding carboxylic acids is 1. The van der Waals surface area contributed by atoms with E-state index < -0.39 is 11.7 Å². The second-order valence-corrected chi connectivity index (χ2v) is 8.47. The number of anilines is 1. The van der Waals surface area contributed by atoms with E-state index in [4.69, 9.17) is 4.74 Å². The van der Waals surface area contributed by atoms with Crippen LogP contribution in [0.1, 0.15) is 42.9 Å². The fraction of sp³-hybridized carbons (Fsp3) is 0.200. The van der Waals surface area contributed by atoms with Crippen molar-refractivity contribution in [2.45, 2.75) is 33.2 Å². The van der Waals surface area contributed by atoms with E-state index in [0.717, 1.165) is 0 Å². The Bertz CT molecular complexity index is 1660. The number of hydrogen-bond acceptors (Lipinski definition) is 7. The second kappa shape index (κ2) is 9.64. The third-order valence-electron chi connectivity index (χ3n) is 5.74. The molecule has 0 saturated heterocycles. The van der Waals surface area contributed by atoms with Crippen LogP contribution in [0, 0.1) is 5.82 Å². The van der Waals surface area contributed by atoms with E-state index in [1.165, 1.54) is 41.5 Å². The van der Waals surface area contributed by atoms with Gasteiger partial charge in [0, 0.05) is 30.1 Å². The number of carbonyl (C=O) groups is 1. The molecule has 4 aromatic heterocycles. The molecule has 0 atom stereocenters.